The Kier molecular flexibility index (Phi) is 5.61. The number of thioether (sulfide) groups is 1. The van der Waals surface area contributed by atoms with Crippen LogP contribution >= 0.6 is 11.8 Å². The van der Waals surface area contributed by atoms with Gasteiger partial charge in [-0.25, -0.2) is 9.37 Å². The summed E-state index contributed by atoms with van der Waals surface area (Å²) in [7, 11) is 0. The predicted octanol–water partition coefficient (Wildman–Crippen LogP) is 5.12. The molecule has 2 aromatic carbocycles. The van der Waals surface area contributed by atoms with Gasteiger partial charge in [-0.05, 0) is 42.8 Å². The number of aryl methyl sites for hydroxylation is 1. The fourth-order valence-corrected chi connectivity index (χ4v) is 4.57. The number of halogens is 1. The summed E-state index contributed by atoms with van der Waals surface area (Å²) in [5.74, 6) is 1.12. The molecule has 1 fully saturated rings. The molecule has 0 saturated carbocycles. The van der Waals surface area contributed by atoms with E-state index in [2.05, 4.69) is 4.98 Å². The number of para-hydroxylation sites is 2. The van der Waals surface area contributed by atoms with E-state index in [9.17, 15) is 9.18 Å². The zero-order valence-electron chi connectivity index (χ0n) is 17.6. The smallest absolute Gasteiger partial charge is 0.289 e. The molecule has 8 heteroatoms. The molecule has 0 spiro atoms. The van der Waals surface area contributed by atoms with Gasteiger partial charge in [0.1, 0.15) is 17.1 Å². The van der Waals surface area contributed by atoms with E-state index in [1.807, 2.05) is 42.2 Å². The van der Waals surface area contributed by atoms with Gasteiger partial charge in [-0.1, -0.05) is 36.0 Å². The zero-order valence-corrected chi connectivity index (χ0v) is 18.4. The van der Waals surface area contributed by atoms with E-state index >= 15 is 0 Å². The van der Waals surface area contributed by atoms with Gasteiger partial charge in [0.15, 0.2) is 11.3 Å². The first kappa shape index (κ1) is 20.6. The van der Waals surface area contributed by atoms with Crippen LogP contribution in [0.25, 0.3) is 11.1 Å². The molecule has 1 aliphatic rings. The van der Waals surface area contributed by atoms with Crippen LogP contribution in [0.5, 0.6) is 0 Å². The maximum atomic E-state index is 14.0. The van der Waals surface area contributed by atoms with Crippen molar-refractivity contribution in [2.24, 2.45) is 0 Å². The number of anilines is 1. The van der Waals surface area contributed by atoms with E-state index in [-0.39, 0.29) is 11.7 Å². The summed E-state index contributed by atoms with van der Waals surface area (Å²) in [6, 6.07) is 16.1. The van der Waals surface area contributed by atoms with Crippen LogP contribution in [0, 0.1) is 12.7 Å². The number of furan rings is 1. The first-order valence-corrected chi connectivity index (χ1v) is 11.4. The van der Waals surface area contributed by atoms with Crippen molar-refractivity contribution < 1.29 is 18.0 Å². The van der Waals surface area contributed by atoms with Crippen LogP contribution in [-0.4, -0.2) is 42.0 Å². The van der Waals surface area contributed by atoms with Crippen molar-refractivity contribution in [3.63, 3.8) is 0 Å². The van der Waals surface area contributed by atoms with Crippen molar-refractivity contribution in [1.82, 2.24) is 9.88 Å². The molecule has 3 heterocycles. The molecule has 1 aliphatic heterocycles. The lowest BCUT2D eigenvalue weighted by atomic mass is 10.2. The van der Waals surface area contributed by atoms with Gasteiger partial charge in [0.05, 0.1) is 11.4 Å². The largest absolute Gasteiger partial charge is 0.455 e. The number of hydrogen-bond acceptors (Lipinski definition) is 6. The van der Waals surface area contributed by atoms with Crippen LogP contribution in [0.3, 0.4) is 0 Å². The minimum Gasteiger partial charge on any atom is -0.455 e. The number of carbonyl (C=O) groups is 1. The standard InChI is InChI=1S/C24H22FN3O3S/c1-16-5-4-8-20-22(16)26-24(31-20)32-15-17-9-10-21(30-17)23(29)28-13-11-27(12-14-28)19-7-3-2-6-18(19)25/h2-10H,11-15H2,1H3. The summed E-state index contributed by atoms with van der Waals surface area (Å²) in [6.45, 7) is 4.18. The number of amides is 1. The molecule has 0 radical (unpaired) electrons. The number of oxazole rings is 1. The predicted molar refractivity (Wildman–Crippen MR) is 122 cm³/mol. The maximum Gasteiger partial charge on any atom is 0.289 e. The highest BCUT2D eigenvalue weighted by Gasteiger charge is 2.25. The summed E-state index contributed by atoms with van der Waals surface area (Å²) < 4.78 is 25.6. The Balaban J connectivity index is 1.18. The lowest BCUT2D eigenvalue weighted by Gasteiger charge is -2.35. The molecule has 0 aliphatic carbocycles. The average molecular weight is 452 g/mol. The summed E-state index contributed by atoms with van der Waals surface area (Å²) in [4.78, 5) is 21.1. The molecule has 164 valence electrons. The van der Waals surface area contributed by atoms with Gasteiger partial charge >= 0.3 is 0 Å². The Labute approximate surface area is 189 Å². The lowest BCUT2D eigenvalue weighted by molar-refractivity contribution is 0.0713. The molecule has 4 aromatic rings. The van der Waals surface area contributed by atoms with E-state index < -0.39 is 0 Å². The van der Waals surface area contributed by atoms with Crippen molar-refractivity contribution in [3.8, 4) is 0 Å². The van der Waals surface area contributed by atoms with Crippen LogP contribution in [0.1, 0.15) is 21.9 Å². The minimum atomic E-state index is -0.241. The molecule has 0 bridgehead atoms. The fraction of sp³-hybridized carbons (Fsp3) is 0.250. The third-order valence-electron chi connectivity index (χ3n) is 5.57. The molecule has 32 heavy (non-hydrogen) atoms. The van der Waals surface area contributed by atoms with E-state index in [4.69, 9.17) is 8.83 Å². The molecule has 2 aromatic heterocycles. The number of carbonyl (C=O) groups excluding carboxylic acids is 1. The van der Waals surface area contributed by atoms with Crippen molar-refractivity contribution in [2.75, 3.05) is 31.1 Å². The maximum absolute atomic E-state index is 14.0. The fourth-order valence-electron chi connectivity index (χ4n) is 3.85. The van der Waals surface area contributed by atoms with Gasteiger partial charge in [0.25, 0.3) is 11.1 Å². The molecular formula is C24H22FN3O3S. The monoisotopic (exact) mass is 451 g/mol. The highest BCUT2D eigenvalue weighted by atomic mass is 32.2. The normalized spacial score (nSPS) is 14.3. The number of rotatable bonds is 5. The number of hydrogen-bond donors (Lipinski definition) is 0. The van der Waals surface area contributed by atoms with Gasteiger partial charge < -0.3 is 18.6 Å². The topological polar surface area (TPSA) is 62.7 Å². The molecule has 0 N–H and O–H groups in total. The van der Waals surface area contributed by atoms with Gasteiger partial charge in [0, 0.05) is 26.2 Å². The molecular weight excluding hydrogens is 429 g/mol. The van der Waals surface area contributed by atoms with Crippen molar-refractivity contribution in [2.45, 2.75) is 17.9 Å². The number of aromatic nitrogens is 1. The second kappa shape index (κ2) is 8.70. The van der Waals surface area contributed by atoms with Crippen LogP contribution in [0.4, 0.5) is 10.1 Å². The van der Waals surface area contributed by atoms with E-state index in [0.29, 0.717) is 54.4 Å². The Bertz CT molecular complexity index is 1260. The van der Waals surface area contributed by atoms with Gasteiger partial charge in [-0.3, -0.25) is 4.79 Å². The quantitative estimate of drug-likeness (QED) is 0.393. The molecule has 6 nitrogen and oxygen atoms in total. The summed E-state index contributed by atoms with van der Waals surface area (Å²) in [6.07, 6.45) is 0. The Hall–Kier alpha value is -3.26. The van der Waals surface area contributed by atoms with E-state index in [0.717, 1.165) is 16.7 Å². The average Bonchev–Trinajstić information content (AvgIpc) is 3.45. The number of nitrogens with zero attached hydrogens (tertiary/aromatic N) is 3. The van der Waals surface area contributed by atoms with Gasteiger partial charge in [-0.2, -0.15) is 0 Å². The minimum absolute atomic E-state index is 0.146. The SMILES string of the molecule is Cc1cccc2oc(SCc3ccc(C(=O)N4CCN(c5ccccc5F)CC4)o3)nc12. The number of benzene rings is 2. The van der Waals surface area contributed by atoms with Crippen LogP contribution in [-0.2, 0) is 5.75 Å². The Morgan fingerprint density at radius 3 is 2.62 bits per heavy atom. The molecule has 0 unspecified atom stereocenters. The first-order chi connectivity index (χ1) is 15.6. The van der Waals surface area contributed by atoms with E-state index in [1.54, 1.807) is 23.1 Å². The van der Waals surface area contributed by atoms with Crippen molar-refractivity contribution >= 4 is 34.5 Å². The Morgan fingerprint density at radius 2 is 1.84 bits per heavy atom. The van der Waals surface area contributed by atoms with Gasteiger partial charge in [0.2, 0.25) is 0 Å². The third-order valence-corrected chi connectivity index (χ3v) is 6.42. The van der Waals surface area contributed by atoms with Crippen LogP contribution in [0.15, 0.2) is 68.7 Å². The first-order valence-electron chi connectivity index (χ1n) is 10.4. The molecule has 0 atom stereocenters. The summed E-state index contributed by atoms with van der Waals surface area (Å²) in [5.41, 5.74) is 3.27. The zero-order chi connectivity index (χ0) is 22.1. The molecule has 1 saturated heterocycles. The van der Waals surface area contributed by atoms with Gasteiger partial charge in [-0.15, -0.1) is 0 Å². The van der Waals surface area contributed by atoms with Crippen molar-refractivity contribution in [3.05, 3.63) is 77.5 Å². The highest BCUT2D eigenvalue weighted by molar-refractivity contribution is 7.98. The van der Waals surface area contributed by atoms with Crippen molar-refractivity contribution in [1.29, 1.82) is 0 Å². The van der Waals surface area contributed by atoms with Crippen LogP contribution in [0.2, 0.25) is 0 Å². The van der Waals surface area contributed by atoms with E-state index in [1.165, 1.54) is 17.8 Å². The Morgan fingerprint density at radius 1 is 1.03 bits per heavy atom. The second-order valence-electron chi connectivity index (χ2n) is 7.69. The summed E-state index contributed by atoms with van der Waals surface area (Å²) in [5, 5.41) is 0.572. The third kappa shape index (κ3) is 4.10. The second-order valence-corrected chi connectivity index (χ2v) is 8.61. The summed E-state index contributed by atoms with van der Waals surface area (Å²) >= 11 is 1.43. The number of fused-ring (bicyclic) bond motifs is 1. The number of piperazine rings is 1. The van der Waals surface area contributed by atoms with Crippen LogP contribution < -0.4 is 4.90 Å². The lowest BCUT2D eigenvalue weighted by Crippen LogP contribution is -2.49. The molecule has 5 rings (SSSR count). The highest BCUT2D eigenvalue weighted by Crippen LogP contribution is 2.28. The molecule has 1 amide bonds.